The lowest BCUT2D eigenvalue weighted by atomic mass is 9.70. The maximum Gasteiger partial charge on any atom is 0.309 e. The second-order valence-corrected chi connectivity index (χ2v) is 40.0. The van der Waals surface area contributed by atoms with Crippen LogP contribution in [0.5, 0.6) is 0 Å². The van der Waals surface area contributed by atoms with Crippen LogP contribution in [0, 0.1) is 195 Å². The molecule has 0 aromatic carbocycles. The Bertz CT molecular complexity index is 2790. The van der Waals surface area contributed by atoms with Crippen LogP contribution in [-0.4, -0.2) is 72.4 Å². The Morgan fingerprint density at radius 2 is 0.610 bits per heavy atom. The van der Waals surface area contributed by atoms with Crippen LogP contribution in [-0.2, 0) is 57.2 Å². The molecule has 0 N–H and O–H groups in total. The third-order valence-electron chi connectivity index (χ3n) is 33.9. The van der Waals surface area contributed by atoms with E-state index in [9.17, 15) is 28.8 Å². The van der Waals surface area contributed by atoms with Crippen LogP contribution >= 0.6 is 0 Å². The number of esters is 6. The number of fused-ring (bicyclic) bond motifs is 18. The van der Waals surface area contributed by atoms with E-state index in [4.69, 9.17) is 28.4 Å². The Balaban J connectivity index is 0.000000128. The zero-order chi connectivity index (χ0) is 75.9. The lowest BCUT2D eigenvalue weighted by molar-refractivity contribution is -0.166. The first kappa shape index (κ1) is 82.8. The smallest absolute Gasteiger partial charge is 0.309 e. The molecule has 33 unspecified atom stereocenters. The quantitative estimate of drug-likeness (QED) is 0.0946. The minimum absolute atomic E-state index is 0.0767. The fourth-order valence-electron chi connectivity index (χ4n) is 28.7. The van der Waals surface area contributed by atoms with Crippen molar-refractivity contribution in [2.75, 3.05) is 19.8 Å². The van der Waals surface area contributed by atoms with Crippen LogP contribution in [0.4, 0.5) is 0 Å². The van der Waals surface area contributed by atoms with Gasteiger partial charge in [0.25, 0.3) is 0 Å². The molecule has 16 fully saturated rings. The van der Waals surface area contributed by atoms with E-state index in [0.29, 0.717) is 73.1 Å². The minimum atomic E-state index is -0.343. The molecule has 105 heavy (non-hydrogen) atoms. The first-order valence-corrected chi connectivity index (χ1v) is 45.3. The van der Waals surface area contributed by atoms with E-state index in [2.05, 4.69) is 96.9 Å². The average Bonchev–Trinajstić information content (AvgIpc) is 1.57. The molecule has 6 bridgehead atoms. The van der Waals surface area contributed by atoms with Crippen molar-refractivity contribution in [1.82, 2.24) is 0 Å². The van der Waals surface area contributed by atoms with Crippen LogP contribution in [0.3, 0.4) is 0 Å². The Morgan fingerprint density at radius 3 is 0.886 bits per heavy atom. The van der Waals surface area contributed by atoms with Crippen LogP contribution in [0.2, 0.25) is 0 Å². The second kappa shape index (κ2) is 34.8. The molecular formula is C93H154O12. The highest BCUT2D eigenvalue weighted by atomic mass is 16.6. The van der Waals surface area contributed by atoms with Gasteiger partial charge in [-0.3, -0.25) is 28.8 Å². The van der Waals surface area contributed by atoms with E-state index in [1.807, 2.05) is 34.6 Å². The van der Waals surface area contributed by atoms with Gasteiger partial charge in [0.2, 0.25) is 0 Å². The van der Waals surface area contributed by atoms with E-state index in [0.717, 1.165) is 164 Å². The molecule has 13 saturated carbocycles. The summed E-state index contributed by atoms with van der Waals surface area (Å²) in [6, 6.07) is 0. The highest BCUT2D eigenvalue weighted by Crippen LogP contribution is 2.69. The summed E-state index contributed by atoms with van der Waals surface area (Å²) in [5.41, 5.74) is -0.793. The molecule has 33 atom stereocenters. The summed E-state index contributed by atoms with van der Waals surface area (Å²) in [7, 11) is 0. The Hall–Kier alpha value is -3.18. The zero-order valence-corrected chi connectivity index (χ0v) is 70.1. The maximum absolute atomic E-state index is 12.9. The van der Waals surface area contributed by atoms with Crippen molar-refractivity contribution in [1.29, 1.82) is 0 Å². The zero-order valence-electron chi connectivity index (χ0n) is 70.1. The molecule has 0 amide bonds. The van der Waals surface area contributed by atoms with E-state index < -0.39 is 0 Å². The first-order valence-electron chi connectivity index (χ1n) is 45.3. The molecule has 12 heteroatoms. The van der Waals surface area contributed by atoms with Crippen molar-refractivity contribution in [3.8, 4) is 0 Å². The molecule has 0 radical (unpaired) electrons. The fraction of sp³-hybridized carbons (Fsp3) is 0.935. The molecule has 16 aliphatic rings. The number of carbonyl (C=O) groups is 6. The summed E-state index contributed by atoms with van der Waals surface area (Å²) in [6.45, 7) is 43.7. The molecule has 0 aromatic heterocycles. The normalized spacial score (nSPS) is 44.5. The summed E-state index contributed by atoms with van der Waals surface area (Å²) >= 11 is 0. The predicted octanol–water partition coefficient (Wildman–Crippen LogP) is 21.6. The van der Waals surface area contributed by atoms with Crippen molar-refractivity contribution in [2.45, 2.75) is 335 Å². The van der Waals surface area contributed by atoms with Gasteiger partial charge in [0, 0.05) is 17.8 Å². The van der Waals surface area contributed by atoms with E-state index in [-0.39, 0.29) is 88.1 Å². The van der Waals surface area contributed by atoms with Crippen LogP contribution in [0.1, 0.15) is 318 Å². The van der Waals surface area contributed by atoms with Gasteiger partial charge < -0.3 is 28.4 Å². The molecule has 0 aromatic rings. The number of ether oxygens (including phenoxy) is 6. The standard InChI is InChI=1S/C21H34O2.C20H34O2.C19H32O2.3C11H18O2/c1-4-13-10-14(5-2)19-16-11-15(18(13)19)12-17(16)20(22)23-21(3)8-6-7-9-21;1-6-12-9-13(7-2)18-15-10-14(17(12)18)11-16(15)19(21)22-20(4,5)8-3;1-6-11-8-12(7-2)17-14-9-13(16(11)17)10-15(14)18(20)21-19(3,4)5;3*1-3-7-5-8(4-2)10-9(7)6-13-11(10)12/h13-19H,4-12H2,1-3H3;12-18H,6-11H2,1-5H3;11-17H,6-10H2,1-5H3;3*7-10H,3-6H2,1-2H3. The summed E-state index contributed by atoms with van der Waals surface area (Å²) in [5, 5.41) is 0. The highest BCUT2D eigenvalue weighted by molar-refractivity contribution is 5.77. The van der Waals surface area contributed by atoms with Gasteiger partial charge in [0.1, 0.15) is 16.8 Å². The third-order valence-corrected chi connectivity index (χ3v) is 33.9. The number of carbonyl (C=O) groups excluding carboxylic acids is 6. The topological polar surface area (TPSA) is 158 Å². The molecule has 16 rings (SSSR count). The molecule has 598 valence electrons. The summed E-state index contributed by atoms with van der Waals surface area (Å²) in [6.07, 6.45) is 35.6. The average molecular weight is 1460 g/mol. The van der Waals surface area contributed by atoms with Crippen LogP contribution < -0.4 is 0 Å². The number of rotatable bonds is 18. The van der Waals surface area contributed by atoms with Gasteiger partial charge in [0.15, 0.2) is 0 Å². The first-order chi connectivity index (χ1) is 50.1. The Kier molecular flexibility index (Phi) is 27.5. The highest BCUT2D eigenvalue weighted by Gasteiger charge is 2.65. The molecule has 12 nitrogen and oxygen atoms in total. The third kappa shape index (κ3) is 16.7. The fourth-order valence-corrected chi connectivity index (χ4v) is 28.7. The van der Waals surface area contributed by atoms with Crippen LogP contribution in [0.15, 0.2) is 0 Å². The van der Waals surface area contributed by atoms with Gasteiger partial charge >= 0.3 is 35.8 Å². The van der Waals surface area contributed by atoms with Gasteiger partial charge in [-0.25, -0.2) is 0 Å². The molecule has 3 saturated heterocycles. The lowest BCUT2D eigenvalue weighted by Gasteiger charge is -2.36. The molecular weight excluding hydrogens is 1310 g/mol. The maximum atomic E-state index is 12.9. The lowest BCUT2D eigenvalue weighted by Crippen LogP contribution is -2.38. The van der Waals surface area contributed by atoms with Crippen molar-refractivity contribution in [3.05, 3.63) is 0 Å². The van der Waals surface area contributed by atoms with E-state index in [1.165, 1.54) is 128 Å². The van der Waals surface area contributed by atoms with Crippen molar-refractivity contribution >= 4 is 35.8 Å². The van der Waals surface area contributed by atoms with Crippen molar-refractivity contribution in [3.63, 3.8) is 0 Å². The minimum Gasteiger partial charge on any atom is -0.465 e. The van der Waals surface area contributed by atoms with Gasteiger partial charge in [-0.1, -0.05) is 167 Å². The van der Waals surface area contributed by atoms with Crippen molar-refractivity contribution in [2.24, 2.45) is 195 Å². The molecule has 0 spiro atoms. The molecule has 13 aliphatic carbocycles. The Morgan fingerprint density at radius 1 is 0.343 bits per heavy atom. The monoisotopic (exact) mass is 1460 g/mol. The van der Waals surface area contributed by atoms with Gasteiger partial charge in [0.05, 0.1) is 55.3 Å². The predicted molar refractivity (Wildman–Crippen MR) is 416 cm³/mol. The summed E-state index contributed by atoms with van der Waals surface area (Å²) < 4.78 is 33.1. The van der Waals surface area contributed by atoms with Crippen molar-refractivity contribution < 1.29 is 57.2 Å². The molecule has 3 aliphatic heterocycles. The van der Waals surface area contributed by atoms with E-state index >= 15 is 0 Å². The van der Waals surface area contributed by atoms with Crippen LogP contribution in [0.25, 0.3) is 0 Å². The van der Waals surface area contributed by atoms with Gasteiger partial charge in [-0.05, 0) is 293 Å². The summed E-state index contributed by atoms with van der Waals surface area (Å²) in [5.74, 6) is 22.5. The van der Waals surface area contributed by atoms with Gasteiger partial charge in [-0.2, -0.15) is 0 Å². The largest absolute Gasteiger partial charge is 0.465 e. The van der Waals surface area contributed by atoms with E-state index in [1.54, 1.807) is 0 Å². The number of hydrogen-bond acceptors (Lipinski definition) is 12. The SMILES string of the molecule is CCC1CC(CC)C2C(=O)OCC12.CCC1CC(CC)C2C(=O)OCC12.CCC1CC(CC)C2C(=O)OCC12.CCC1CC(CC)C2C3CC(CC3C(=O)OC(C)(C)C)C12.CCC1CC(CC)C2C3CC(CC3C(=O)OC(C)(C)CC)C12.CCC1CC(CC)C2C3CC(CC3C(=O)OC3(C)CCCC3)C12. The number of hydrogen-bond donors (Lipinski definition) is 0. The second-order valence-electron chi connectivity index (χ2n) is 40.0. The Labute approximate surface area is 639 Å². The number of cyclic esters (lactones) is 3. The summed E-state index contributed by atoms with van der Waals surface area (Å²) in [4.78, 5) is 72.6. The van der Waals surface area contributed by atoms with Gasteiger partial charge in [-0.15, -0.1) is 0 Å². The molecule has 3 heterocycles.